The maximum Gasteiger partial charge on any atom is 0.339 e. The van der Waals surface area contributed by atoms with Crippen molar-refractivity contribution >= 4 is 11.7 Å². The maximum absolute atomic E-state index is 11.1. The van der Waals surface area contributed by atoms with Crippen LogP contribution in [0.25, 0.3) is 1.43 Å². The summed E-state index contributed by atoms with van der Waals surface area (Å²) in [5.41, 5.74) is 0.201. The number of nitrogen functional groups attached to an aromatic ring is 1. The molecule has 58 valence electrons. The highest BCUT2D eigenvalue weighted by Gasteiger charge is 2.08. The van der Waals surface area contributed by atoms with Crippen molar-refractivity contribution in [2.45, 2.75) is 0 Å². The fraction of sp³-hybridized carbons (Fsp3) is 0. The van der Waals surface area contributed by atoms with E-state index in [9.17, 15) is 4.79 Å². The van der Waals surface area contributed by atoms with Crippen molar-refractivity contribution in [1.29, 1.82) is 2.86 Å². The number of anilines is 1. The first-order valence-corrected chi connectivity index (χ1v) is 2.82. The van der Waals surface area contributed by atoms with Gasteiger partial charge in [-0.3, -0.25) is 0 Å². The lowest BCUT2D eigenvalue weighted by Crippen LogP contribution is -1.97. The number of carboxylic acids is 1. The molecule has 0 saturated heterocycles. The molecule has 1 rings (SSSR count). The number of hydrogen-bond acceptors (Lipinski definition) is 4. The number of rotatable bonds is 3. The van der Waals surface area contributed by atoms with Gasteiger partial charge in [0.05, 0.1) is 0 Å². The molecule has 4 heteroatoms. The molecule has 0 aliphatic rings. The molecule has 0 saturated carbocycles. The van der Waals surface area contributed by atoms with Crippen LogP contribution in [0.2, 0.25) is 2.82 Å². The molecule has 11 heavy (non-hydrogen) atoms. The highest BCUT2D eigenvalue weighted by atomic mass is 16.4. The van der Waals surface area contributed by atoms with Crippen LogP contribution in [0.3, 0.4) is 0 Å². The molecule has 0 radical (unpaired) electrons. The van der Waals surface area contributed by atoms with Crippen molar-refractivity contribution in [1.82, 2.24) is 0 Å². The molecule has 0 aromatic heterocycles. The molecule has 0 aliphatic carbocycles. The van der Waals surface area contributed by atoms with Gasteiger partial charge in [0.25, 0.3) is 2.86 Å². The second kappa shape index (κ2) is 2.49. The molecular formula is C7H7NO3. The topological polar surface area (TPSA) is 83.5 Å². The van der Waals surface area contributed by atoms with Crippen molar-refractivity contribution in [3.63, 3.8) is 0 Å². The maximum atomic E-state index is 11.1. The smallest absolute Gasteiger partial charge is 0.339 e. The Bertz CT molecular complexity index is 371. The minimum Gasteiger partial charge on any atom is -0.507 e. The van der Waals surface area contributed by atoms with Gasteiger partial charge in [-0.15, -0.1) is 0 Å². The highest BCUT2D eigenvalue weighted by Crippen LogP contribution is 2.18. The molecule has 0 atom stereocenters. The summed E-state index contributed by atoms with van der Waals surface area (Å²) in [7, 11) is 0. The molecule has 0 bridgehead atoms. The van der Waals surface area contributed by atoms with Crippen LogP contribution in [0.5, 0.6) is 5.75 Å². The lowest BCUT2D eigenvalue weighted by Gasteiger charge is -1.98. The van der Waals surface area contributed by atoms with E-state index in [4.69, 9.17) is 5.69 Å². The monoisotopic (exact) mass is 157 g/mol. The molecule has 1 aromatic rings. The van der Waals surface area contributed by atoms with Gasteiger partial charge in [-0.2, -0.15) is 0 Å². The van der Waals surface area contributed by atoms with Crippen molar-refractivity contribution in [2.75, 3.05) is 5.72 Å². The second-order valence-corrected chi connectivity index (χ2v) is 1.97. The Morgan fingerprint density at radius 1 is 1.73 bits per heavy atom. The van der Waals surface area contributed by atoms with Crippen molar-refractivity contribution < 1.29 is 17.8 Å². The van der Waals surface area contributed by atoms with Crippen LogP contribution in [0.4, 0.5) is 5.69 Å². The summed E-state index contributed by atoms with van der Waals surface area (Å²) >= 11 is 0. The predicted octanol–water partition coefficient (Wildman–Crippen LogP) is 0.673. The average molecular weight is 157 g/mol. The predicted molar refractivity (Wildman–Crippen MR) is 39.5 cm³/mol. The first-order chi connectivity index (χ1) is 7.10. The summed E-state index contributed by atoms with van der Waals surface area (Å²) in [6, 6.07) is 3.69. The zero-order valence-corrected chi connectivity index (χ0v) is 5.40. The number of hydrogen-bond donors (Lipinski definition) is 3. The molecule has 4 N–H and O–H groups in total. The van der Waals surface area contributed by atoms with Crippen LogP contribution in [-0.2, 0) is 0 Å². The van der Waals surface area contributed by atoms with Gasteiger partial charge in [-0.1, -0.05) is 0 Å². The first kappa shape index (κ1) is 3.61. The van der Waals surface area contributed by atoms with Gasteiger partial charge >= 0.3 is 5.97 Å². The Labute approximate surface area is 68.8 Å². The summed E-state index contributed by atoms with van der Waals surface area (Å²) in [5.74, 6) is -1.11. The van der Waals surface area contributed by atoms with Gasteiger partial charge in [0.1, 0.15) is 11.3 Å². The minimum absolute atomic E-state index is 0.0937. The van der Waals surface area contributed by atoms with Gasteiger partial charge in [0.2, 0.25) is 0 Å². The van der Waals surface area contributed by atoms with E-state index in [-0.39, 0.29) is 22.7 Å². The van der Waals surface area contributed by atoms with E-state index >= 15 is 0 Å². The van der Waals surface area contributed by atoms with E-state index in [2.05, 4.69) is 10.2 Å². The normalized spacial score (nSPS) is 13.5. The Morgan fingerprint density at radius 2 is 2.64 bits per heavy atom. The highest BCUT2D eigenvalue weighted by molar-refractivity contribution is 5.91. The first-order valence-electron chi connectivity index (χ1n) is 4.53. The van der Waals surface area contributed by atoms with Gasteiger partial charge in [-0.05, 0) is 18.2 Å². The summed E-state index contributed by atoms with van der Waals surface area (Å²) in [5, 5.41) is 7.85. The number of carbonyl (C=O) groups is 1. The van der Waals surface area contributed by atoms with Gasteiger partial charge < -0.3 is 15.9 Å². The van der Waals surface area contributed by atoms with Crippen molar-refractivity contribution in [3.05, 3.63) is 23.8 Å². The van der Waals surface area contributed by atoms with Crippen LogP contribution in [0, 0.1) is 0 Å². The molecule has 0 spiro atoms. The van der Waals surface area contributed by atoms with Crippen LogP contribution in [0.15, 0.2) is 18.2 Å². The largest absolute Gasteiger partial charge is 0.507 e. The van der Waals surface area contributed by atoms with Crippen LogP contribution >= 0.6 is 0 Å². The van der Waals surface area contributed by atoms with E-state index < -0.39 is 5.97 Å². The molecule has 0 unspecified atom stereocenters. The SMILES string of the molecule is [2H]OC(=O)c1cc(N([2H])[2H])ccc1O[2H]. The van der Waals surface area contributed by atoms with Gasteiger partial charge in [0.15, 0.2) is 2.82 Å². The Kier molecular flexibility index (Phi) is 0.820. The summed E-state index contributed by atoms with van der Waals surface area (Å²) in [6.07, 6.45) is 0. The average Bonchev–Trinajstić information content (AvgIpc) is 2.27. The number of benzene rings is 1. The second-order valence-electron chi connectivity index (χ2n) is 1.97. The van der Waals surface area contributed by atoms with E-state index in [0.717, 1.165) is 6.07 Å². The summed E-state index contributed by atoms with van der Waals surface area (Å²) in [4.78, 5) is 11.1. The zero-order chi connectivity index (χ0) is 11.4. The Hall–Kier alpha value is -1.71. The molecule has 0 aliphatic heterocycles. The van der Waals surface area contributed by atoms with Crippen molar-refractivity contribution in [2.24, 2.45) is 0 Å². The third-order valence-electron chi connectivity index (χ3n) is 1.18. The summed E-state index contributed by atoms with van der Waals surface area (Å²) < 4.78 is 27.0. The Morgan fingerprint density at radius 3 is 3.27 bits per heavy atom. The van der Waals surface area contributed by atoms with E-state index in [1.807, 2.05) is 0 Å². The molecule has 1 aromatic carbocycles. The molecular weight excluding hydrogens is 146 g/mol. The molecule has 4 nitrogen and oxygen atoms in total. The Balaban J connectivity index is 3.19. The number of phenols is 1. The lowest BCUT2D eigenvalue weighted by molar-refractivity contribution is 0.0694. The number of carboxylic acid groups (broad SMARTS) is 1. The molecule has 0 amide bonds. The quantitative estimate of drug-likeness (QED) is 0.445. The van der Waals surface area contributed by atoms with E-state index in [1.54, 1.807) is 0 Å². The molecule has 0 fully saturated rings. The fourth-order valence-electron chi connectivity index (χ4n) is 0.677. The summed E-state index contributed by atoms with van der Waals surface area (Å²) in [6.45, 7) is 0. The minimum atomic E-state index is -1.01. The van der Waals surface area contributed by atoms with E-state index in [1.165, 1.54) is 12.1 Å². The van der Waals surface area contributed by atoms with Gasteiger partial charge in [0, 0.05) is 5.69 Å². The van der Waals surface area contributed by atoms with Crippen LogP contribution in [-0.4, -0.2) is 17.6 Å². The van der Waals surface area contributed by atoms with Crippen molar-refractivity contribution in [3.8, 4) is 5.75 Å². The number of aromatic hydroxyl groups is 1. The molecule has 0 heterocycles. The third kappa shape index (κ3) is 1.40. The lowest BCUT2D eigenvalue weighted by atomic mass is 10.2. The van der Waals surface area contributed by atoms with Gasteiger partial charge in [-0.25, -0.2) is 4.79 Å². The van der Waals surface area contributed by atoms with Crippen LogP contribution < -0.4 is 5.72 Å². The third-order valence-corrected chi connectivity index (χ3v) is 1.18. The zero-order valence-electron chi connectivity index (χ0n) is 9.40. The fourth-order valence-corrected chi connectivity index (χ4v) is 0.677. The standard InChI is InChI=1S/C7H7NO3/c8-4-1-2-6(9)5(3-4)7(10)11/h1-3,9H,8H2,(H,10,11)/i/hD4. The number of nitrogens with two attached hydrogens (primary N) is 1. The van der Waals surface area contributed by atoms with Crippen LogP contribution in [0.1, 0.15) is 10.4 Å². The number of aromatic carboxylic acids is 1. The van der Waals surface area contributed by atoms with E-state index in [0.29, 0.717) is 0 Å².